The van der Waals surface area contributed by atoms with Crippen molar-refractivity contribution in [3.63, 3.8) is 0 Å². The minimum Gasteiger partial charge on any atom is -0.309 e. The fraction of sp³-hybridized carbons (Fsp3) is 0. The number of benzene rings is 7. The first kappa shape index (κ1) is 26.6. The third-order valence-electron chi connectivity index (χ3n) is 10.0. The van der Waals surface area contributed by atoms with Crippen LogP contribution < -0.4 is 15.9 Å². The van der Waals surface area contributed by atoms with Crippen LogP contribution in [0.4, 0.5) is 0 Å². The fourth-order valence-corrected chi connectivity index (χ4v) is 16.2. The summed E-state index contributed by atoms with van der Waals surface area (Å²) in [5, 5.41) is 9.83. The molecule has 1 unspecified atom stereocenters. The molecule has 7 aromatic carbocycles. The summed E-state index contributed by atoms with van der Waals surface area (Å²) in [7, 11) is -0.640. The van der Waals surface area contributed by atoms with Crippen molar-refractivity contribution in [2.45, 2.75) is 29.4 Å². The summed E-state index contributed by atoms with van der Waals surface area (Å²) < 4.78 is 5.04. The molecule has 224 valence electrons. The van der Waals surface area contributed by atoms with Gasteiger partial charge in [0.1, 0.15) is 0 Å². The van der Waals surface area contributed by atoms with E-state index in [-0.39, 0.29) is 0 Å². The van der Waals surface area contributed by atoms with Gasteiger partial charge in [-0.25, -0.2) is 0 Å². The Labute approximate surface area is 290 Å². The molecule has 0 radical (unpaired) electrons. The zero-order chi connectivity index (χ0) is 31.1. The van der Waals surface area contributed by atoms with Crippen LogP contribution in [0.2, 0.25) is 0 Å². The van der Waals surface area contributed by atoms with Crippen LogP contribution in [-0.2, 0) is 0 Å². The zero-order valence-corrected chi connectivity index (χ0v) is 28.7. The van der Waals surface area contributed by atoms with Crippen molar-refractivity contribution >= 4 is 103 Å². The molecule has 6 heteroatoms. The van der Waals surface area contributed by atoms with E-state index in [0.717, 1.165) is 0 Å². The monoisotopic (exact) mass is 682 g/mol. The van der Waals surface area contributed by atoms with Gasteiger partial charge in [0.2, 0.25) is 0 Å². The molecule has 0 spiro atoms. The first-order valence-corrected chi connectivity index (χ1v) is 19.9. The Morgan fingerprint density at radius 1 is 0.396 bits per heavy atom. The lowest BCUT2D eigenvalue weighted by atomic mass is 10.1. The summed E-state index contributed by atoms with van der Waals surface area (Å²) >= 11 is 5.90. The minimum atomic E-state index is -0.640. The van der Waals surface area contributed by atoms with Crippen LogP contribution in [0.5, 0.6) is 0 Å². The SMILES string of the molecule is c1ccc(-n2c3ccccc3c3ccc4c(c5ccccc5n4-c4ccc5c6c4Sc4cccc7c4P6c4c(cccc4S5)S7)c32)cc1. The Kier molecular flexibility index (Phi) is 5.32. The molecule has 0 amide bonds. The number of nitrogens with zero attached hydrogens (tertiary/aromatic N) is 2. The normalized spacial score (nSPS) is 15.5. The molecule has 0 aliphatic carbocycles. The van der Waals surface area contributed by atoms with Gasteiger partial charge < -0.3 is 9.13 Å². The van der Waals surface area contributed by atoms with E-state index in [2.05, 4.69) is 149 Å². The lowest BCUT2D eigenvalue weighted by molar-refractivity contribution is 1.12. The third kappa shape index (κ3) is 3.33. The average Bonchev–Trinajstić information content (AvgIpc) is 3.65. The van der Waals surface area contributed by atoms with E-state index in [1.807, 2.05) is 35.3 Å². The van der Waals surface area contributed by atoms with Gasteiger partial charge in [-0.05, 0) is 74.7 Å². The fourth-order valence-electron chi connectivity index (χ4n) is 8.18. The van der Waals surface area contributed by atoms with Crippen molar-refractivity contribution < 1.29 is 0 Å². The molecule has 0 N–H and O–H groups in total. The second kappa shape index (κ2) is 9.62. The smallest absolute Gasteiger partial charge is 0.0641 e. The first-order chi connectivity index (χ1) is 23.8. The number of fused-ring (bicyclic) bond motifs is 7. The standard InChI is InChI=1S/C42H23N2PS3/c1-2-10-24(11-3-1)43-28-14-6-4-12-25(28)26-20-21-30-37(38(26)43)27-13-5-7-15-29(27)44(30)31-22-23-36-41-42(31)48-35-19-9-18-34-40(35)45(41)39-32(46-34)16-8-17-33(39)47-36/h1-23H. The number of rotatable bonds is 2. The molecule has 3 aliphatic rings. The van der Waals surface area contributed by atoms with Gasteiger partial charge in [-0.1, -0.05) is 108 Å². The van der Waals surface area contributed by atoms with Crippen LogP contribution in [0.1, 0.15) is 0 Å². The summed E-state index contributed by atoms with van der Waals surface area (Å²) in [6.07, 6.45) is 0. The van der Waals surface area contributed by atoms with E-state index >= 15 is 0 Å². The quantitative estimate of drug-likeness (QED) is 0.168. The predicted molar refractivity (Wildman–Crippen MR) is 206 cm³/mol. The maximum Gasteiger partial charge on any atom is 0.0641 e. The Bertz CT molecular complexity index is 2850. The second-order valence-corrected chi connectivity index (χ2v) is 17.7. The van der Waals surface area contributed by atoms with Gasteiger partial charge in [0.25, 0.3) is 0 Å². The summed E-state index contributed by atoms with van der Waals surface area (Å²) in [4.78, 5) is 8.52. The molecule has 0 fully saturated rings. The minimum absolute atomic E-state index is 0.640. The van der Waals surface area contributed by atoms with Crippen molar-refractivity contribution in [2.24, 2.45) is 0 Å². The highest BCUT2D eigenvalue weighted by molar-refractivity contribution is 8.07. The van der Waals surface area contributed by atoms with Crippen molar-refractivity contribution in [3.05, 3.63) is 140 Å². The largest absolute Gasteiger partial charge is 0.309 e. The van der Waals surface area contributed by atoms with Crippen molar-refractivity contribution in [2.75, 3.05) is 0 Å². The van der Waals surface area contributed by atoms with Crippen molar-refractivity contribution in [1.29, 1.82) is 0 Å². The highest BCUT2D eigenvalue weighted by Crippen LogP contribution is 2.60. The number of hydrogen-bond acceptors (Lipinski definition) is 3. The van der Waals surface area contributed by atoms with Gasteiger partial charge in [-0.3, -0.25) is 0 Å². The first-order valence-electron chi connectivity index (χ1n) is 16.1. The molecule has 12 rings (SSSR count). The van der Waals surface area contributed by atoms with E-state index in [4.69, 9.17) is 0 Å². The molecular weight excluding hydrogens is 660 g/mol. The van der Waals surface area contributed by atoms with E-state index in [9.17, 15) is 0 Å². The van der Waals surface area contributed by atoms with Gasteiger partial charge in [0, 0.05) is 72.5 Å². The number of aromatic nitrogens is 2. The molecule has 0 bridgehead atoms. The lowest BCUT2D eigenvalue weighted by Crippen LogP contribution is -2.35. The van der Waals surface area contributed by atoms with Gasteiger partial charge in [-0.15, -0.1) is 0 Å². The number of hydrogen-bond donors (Lipinski definition) is 0. The Balaban J connectivity index is 1.22. The third-order valence-corrected chi connectivity index (χ3v) is 17.1. The van der Waals surface area contributed by atoms with E-state index in [1.54, 1.807) is 15.9 Å². The summed E-state index contributed by atoms with van der Waals surface area (Å²) in [5.74, 6) is 0. The van der Waals surface area contributed by atoms with Crippen LogP contribution in [-0.4, -0.2) is 9.13 Å². The molecule has 2 aromatic heterocycles. The van der Waals surface area contributed by atoms with Gasteiger partial charge >= 0.3 is 0 Å². The van der Waals surface area contributed by atoms with Crippen LogP contribution in [0, 0.1) is 0 Å². The van der Waals surface area contributed by atoms with Crippen LogP contribution in [0.3, 0.4) is 0 Å². The molecule has 0 saturated carbocycles. The maximum absolute atomic E-state index is 2.56. The summed E-state index contributed by atoms with van der Waals surface area (Å²) in [6.45, 7) is 0. The second-order valence-electron chi connectivity index (χ2n) is 12.5. The molecule has 1 atom stereocenters. The van der Waals surface area contributed by atoms with Crippen molar-refractivity contribution in [1.82, 2.24) is 9.13 Å². The molecule has 0 saturated heterocycles. The molecular formula is C42H23N2PS3. The Morgan fingerprint density at radius 2 is 1.00 bits per heavy atom. The van der Waals surface area contributed by atoms with Crippen LogP contribution >= 0.6 is 43.2 Å². The summed E-state index contributed by atoms with van der Waals surface area (Å²) in [5.41, 5.74) is 7.47. The van der Waals surface area contributed by atoms with Gasteiger partial charge in [-0.2, -0.15) is 0 Å². The molecule has 48 heavy (non-hydrogen) atoms. The molecule has 3 aliphatic heterocycles. The topological polar surface area (TPSA) is 9.86 Å². The van der Waals surface area contributed by atoms with Crippen molar-refractivity contribution in [3.8, 4) is 11.4 Å². The molecule has 9 aromatic rings. The average molecular weight is 683 g/mol. The summed E-state index contributed by atoms with van der Waals surface area (Å²) in [6, 6.07) is 52.1. The highest BCUT2D eigenvalue weighted by atomic mass is 32.2. The van der Waals surface area contributed by atoms with Gasteiger partial charge in [0.15, 0.2) is 0 Å². The van der Waals surface area contributed by atoms with E-state index in [0.29, 0.717) is 0 Å². The lowest BCUT2D eigenvalue weighted by Gasteiger charge is -2.40. The highest BCUT2D eigenvalue weighted by Gasteiger charge is 2.41. The number of para-hydroxylation sites is 3. The molecule has 5 heterocycles. The maximum atomic E-state index is 2.56. The predicted octanol–water partition coefficient (Wildman–Crippen LogP) is 11.0. The van der Waals surface area contributed by atoms with E-state index in [1.165, 1.54) is 84.4 Å². The van der Waals surface area contributed by atoms with Crippen LogP contribution in [0.15, 0.2) is 169 Å². The Hall–Kier alpha value is -4.38. The van der Waals surface area contributed by atoms with Gasteiger partial charge in [0.05, 0.1) is 27.8 Å². The van der Waals surface area contributed by atoms with Crippen LogP contribution in [0.25, 0.3) is 55.0 Å². The molecule has 2 nitrogen and oxygen atoms in total. The Morgan fingerprint density at radius 3 is 1.73 bits per heavy atom. The van der Waals surface area contributed by atoms with E-state index < -0.39 is 7.92 Å². The zero-order valence-electron chi connectivity index (χ0n) is 25.3.